The molecule has 2 aromatic heterocycles. The lowest BCUT2D eigenvalue weighted by molar-refractivity contribution is 0.134. The molecular formula is C27H26BrCl2FN4OS. The number of nitrogens with zero attached hydrogens (tertiary/aromatic N) is 4. The lowest BCUT2D eigenvalue weighted by Gasteiger charge is -2.32. The summed E-state index contributed by atoms with van der Waals surface area (Å²) in [5, 5.41) is 1.84. The standard InChI is InChI=1S/C27H26BrCl2FN4OS/c1-15-19(16(2)23(30)24(22(15)29)36-13-12-35-10-8-34(3)9-11-35)20-21-26(28)32-14-33-27(21)37-25(20)17-4-6-18(31)7-5-17/h4-7,14H,8-13H2,1-3H3. The van der Waals surface area contributed by atoms with E-state index in [-0.39, 0.29) is 5.82 Å². The highest BCUT2D eigenvalue weighted by Crippen LogP contribution is 2.52. The van der Waals surface area contributed by atoms with Crippen LogP contribution in [0.3, 0.4) is 0 Å². The fourth-order valence-corrected chi connectivity index (χ4v) is 7.03. The molecule has 194 valence electrons. The third kappa shape index (κ3) is 5.24. The Morgan fingerprint density at radius 3 is 2.30 bits per heavy atom. The molecule has 3 heterocycles. The number of ether oxygens (including phenoxy) is 1. The predicted octanol–water partition coefficient (Wildman–Crippen LogP) is 7.48. The molecule has 0 aliphatic carbocycles. The summed E-state index contributed by atoms with van der Waals surface area (Å²) in [5.41, 5.74) is 4.42. The zero-order valence-electron chi connectivity index (χ0n) is 20.7. The number of rotatable bonds is 6. The maximum Gasteiger partial charge on any atom is 0.157 e. The van der Waals surface area contributed by atoms with Gasteiger partial charge in [-0.2, -0.15) is 0 Å². The lowest BCUT2D eigenvalue weighted by Crippen LogP contribution is -2.45. The minimum atomic E-state index is -0.288. The summed E-state index contributed by atoms with van der Waals surface area (Å²) in [4.78, 5) is 15.4. The average Bonchev–Trinajstić information content (AvgIpc) is 3.27. The quantitative estimate of drug-likeness (QED) is 0.208. The summed E-state index contributed by atoms with van der Waals surface area (Å²) >= 11 is 19.0. The molecule has 0 saturated carbocycles. The van der Waals surface area contributed by atoms with Gasteiger partial charge in [-0.25, -0.2) is 14.4 Å². The van der Waals surface area contributed by atoms with Crippen LogP contribution < -0.4 is 4.74 Å². The van der Waals surface area contributed by atoms with Crippen molar-refractivity contribution in [2.75, 3.05) is 46.4 Å². The first-order valence-corrected chi connectivity index (χ1v) is 14.3. The number of fused-ring (bicyclic) bond motifs is 1. The van der Waals surface area contributed by atoms with Gasteiger partial charge in [0.25, 0.3) is 0 Å². The molecule has 1 fully saturated rings. The van der Waals surface area contributed by atoms with Crippen LogP contribution in [0.5, 0.6) is 5.75 Å². The SMILES string of the molecule is Cc1c(Cl)c(OCCN2CCN(C)CC2)c(Cl)c(C)c1-c1c(-c2ccc(F)cc2)sc2ncnc(Br)c12. The first-order valence-electron chi connectivity index (χ1n) is 12.0. The Hall–Kier alpha value is -1.81. The Bertz CT molecular complexity index is 1430. The topological polar surface area (TPSA) is 41.5 Å². The van der Waals surface area contributed by atoms with Gasteiger partial charge in [-0.3, -0.25) is 4.90 Å². The van der Waals surface area contributed by atoms with E-state index in [4.69, 9.17) is 27.9 Å². The summed E-state index contributed by atoms with van der Waals surface area (Å²) in [7, 11) is 2.14. The number of hydrogen-bond donors (Lipinski definition) is 0. The van der Waals surface area contributed by atoms with Crippen molar-refractivity contribution >= 4 is 60.7 Å². The Morgan fingerprint density at radius 1 is 1.00 bits per heavy atom. The second-order valence-electron chi connectivity index (χ2n) is 9.23. The van der Waals surface area contributed by atoms with Gasteiger partial charge in [-0.15, -0.1) is 11.3 Å². The van der Waals surface area contributed by atoms with Crippen LogP contribution in [0, 0.1) is 19.7 Å². The third-order valence-electron chi connectivity index (χ3n) is 6.86. The van der Waals surface area contributed by atoms with Gasteiger partial charge in [0.2, 0.25) is 0 Å². The molecule has 10 heteroatoms. The minimum Gasteiger partial charge on any atom is -0.489 e. The fraction of sp³-hybridized carbons (Fsp3) is 0.333. The van der Waals surface area contributed by atoms with E-state index in [1.165, 1.54) is 29.8 Å². The van der Waals surface area contributed by atoms with E-state index in [0.717, 1.165) is 75.6 Å². The highest BCUT2D eigenvalue weighted by molar-refractivity contribution is 9.10. The van der Waals surface area contributed by atoms with Crippen molar-refractivity contribution in [3.8, 4) is 27.3 Å². The van der Waals surface area contributed by atoms with Gasteiger partial charge in [0, 0.05) is 43.2 Å². The minimum absolute atomic E-state index is 0.288. The van der Waals surface area contributed by atoms with Gasteiger partial charge in [0.1, 0.15) is 28.2 Å². The number of thiophene rings is 1. The van der Waals surface area contributed by atoms with Gasteiger partial charge in [0.15, 0.2) is 5.75 Å². The molecule has 1 aliphatic heterocycles. The van der Waals surface area contributed by atoms with E-state index in [1.807, 2.05) is 13.8 Å². The molecule has 5 rings (SSSR count). The average molecular weight is 624 g/mol. The maximum absolute atomic E-state index is 13.7. The van der Waals surface area contributed by atoms with Crippen LogP contribution in [-0.4, -0.2) is 66.1 Å². The molecule has 0 spiro atoms. The molecular weight excluding hydrogens is 598 g/mol. The maximum atomic E-state index is 13.7. The van der Waals surface area contributed by atoms with Crippen LogP contribution in [0.4, 0.5) is 4.39 Å². The Labute approximate surface area is 238 Å². The van der Waals surface area contributed by atoms with E-state index in [9.17, 15) is 4.39 Å². The molecule has 0 atom stereocenters. The van der Waals surface area contributed by atoms with E-state index in [1.54, 1.807) is 12.1 Å². The molecule has 37 heavy (non-hydrogen) atoms. The molecule has 2 aromatic carbocycles. The van der Waals surface area contributed by atoms with Crippen molar-refractivity contribution in [1.82, 2.24) is 19.8 Å². The number of halogens is 4. The molecule has 1 saturated heterocycles. The summed E-state index contributed by atoms with van der Waals surface area (Å²) in [6.45, 7) is 9.42. The van der Waals surface area contributed by atoms with Crippen molar-refractivity contribution in [1.29, 1.82) is 0 Å². The van der Waals surface area contributed by atoms with E-state index in [2.05, 4.69) is 42.7 Å². The van der Waals surface area contributed by atoms with Crippen molar-refractivity contribution in [2.45, 2.75) is 13.8 Å². The highest BCUT2D eigenvalue weighted by atomic mass is 79.9. The smallest absolute Gasteiger partial charge is 0.157 e. The summed E-state index contributed by atoms with van der Waals surface area (Å²) in [5.74, 6) is 0.221. The number of aromatic nitrogens is 2. The molecule has 0 bridgehead atoms. The van der Waals surface area contributed by atoms with E-state index < -0.39 is 0 Å². The molecule has 5 nitrogen and oxygen atoms in total. The number of piperazine rings is 1. The zero-order valence-corrected chi connectivity index (χ0v) is 24.7. The van der Waals surface area contributed by atoms with Gasteiger partial charge in [-0.05, 0) is 71.2 Å². The summed E-state index contributed by atoms with van der Waals surface area (Å²) in [6.07, 6.45) is 1.53. The zero-order chi connectivity index (χ0) is 26.3. The van der Waals surface area contributed by atoms with Crippen molar-refractivity contribution in [2.24, 2.45) is 0 Å². The van der Waals surface area contributed by atoms with Crippen molar-refractivity contribution in [3.63, 3.8) is 0 Å². The van der Waals surface area contributed by atoms with Crippen LogP contribution in [0.15, 0.2) is 35.2 Å². The Kier molecular flexibility index (Phi) is 8.05. The predicted molar refractivity (Wildman–Crippen MR) is 155 cm³/mol. The Balaban J connectivity index is 1.57. The number of hydrogen-bond acceptors (Lipinski definition) is 6. The highest BCUT2D eigenvalue weighted by Gasteiger charge is 2.27. The second kappa shape index (κ2) is 11.1. The number of benzene rings is 2. The van der Waals surface area contributed by atoms with Gasteiger partial charge in [-0.1, -0.05) is 35.3 Å². The van der Waals surface area contributed by atoms with Crippen LogP contribution in [0.2, 0.25) is 10.0 Å². The van der Waals surface area contributed by atoms with Crippen molar-refractivity contribution in [3.05, 3.63) is 62.2 Å². The normalized spacial score (nSPS) is 15.0. The largest absolute Gasteiger partial charge is 0.489 e. The Morgan fingerprint density at radius 2 is 1.65 bits per heavy atom. The van der Waals surface area contributed by atoms with Crippen LogP contribution in [0.25, 0.3) is 31.8 Å². The molecule has 0 N–H and O–H groups in total. The number of likely N-dealkylation sites (N-methyl/N-ethyl adjacent to an activating group) is 1. The summed E-state index contributed by atoms with van der Waals surface area (Å²) < 4.78 is 20.6. The van der Waals surface area contributed by atoms with E-state index in [0.29, 0.717) is 27.0 Å². The van der Waals surface area contributed by atoms with Gasteiger partial charge in [0.05, 0.1) is 15.4 Å². The van der Waals surface area contributed by atoms with Gasteiger partial charge >= 0.3 is 0 Å². The molecule has 0 amide bonds. The first-order chi connectivity index (χ1) is 17.8. The third-order valence-corrected chi connectivity index (χ3v) is 9.51. The fourth-order valence-electron chi connectivity index (χ4n) is 4.73. The van der Waals surface area contributed by atoms with Crippen LogP contribution in [-0.2, 0) is 0 Å². The molecule has 0 unspecified atom stereocenters. The molecule has 1 aliphatic rings. The monoisotopic (exact) mass is 622 g/mol. The summed E-state index contributed by atoms with van der Waals surface area (Å²) in [6, 6.07) is 6.46. The first kappa shape index (κ1) is 26.8. The van der Waals surface area contributed by atoms with Crippen LogP contribution in [0.1, 0.15) is 11.1 Å². The second-order valence-corrected chi connectivity index (χ2v) is 11.7. The molecule has 4 aromatic rings. The van der Waals surface area contributed by atoms with Crippen LogP contribution >= 0.6 is 50.5 Å². The lowest BCUT2D eigenvalue weighted by atomic mass is 9.92. The van der Waals surface area contributed by atoms with Gasteiger partial charge < -0.3 is 9.64 Å². The van der Waals surface area contributed by atoms with Crippen molar-refractivity contribution < 1.29 is 9.13 Å². The van der Waals surface area contributed by atoms with E-state index >= 15 is 0 Å². The molecule has 0 radical (unpaired) electrons.